The first-order valence-electron chi connectivity index (χ1n) is 2.14. The Kier molecular flexibility index (Phi) is 4.45. The third-order valence-electron chi connectivity index (χ3n) is 0.721. The Bertz CT molecular complexity index is 76.4. The fourth-order valence-electron chi connectivity index (χ4n) is 0.199. The van der Waals surface area contributed by atoms with E-state index in [2.05, 4.69) is 24.8 Å². The largest absolute Gasteiger partial charge is 0.394 e. The predicted molar refractivity (Wildman–Crippen MR) is 39.5 cm³/mol. The average molecular weight is 152 g/mol. The molecule has 0 heterocycles. The molecule has 0 aliphatic carbocycles. The highest BCUT2D eigenvalue weighted by molar-refractivity contribution is 7.85. The van der Waals surface area contributed by atoms with E-state index in [1.54, 1.807) is 0 Å². The molecule has 2 nitrogen and oxygen atoms in total. The minimum atomic E-state index is -0.823. The molecular formula is C4H8O2S2. The third kappa shape index (κ3) is 2.61. The Morgan fingerprint density at radius 1 is 1.75 bits per heavy atom. The molecule has 0 spiro atoms. The van der Waals surface area contributed by atoms with Gasteiger partial charge >= 0.3 is 0 Å². The van der Waals surface area contributed by atoms with Crippen molar-refractivity contribution in [1.29, 1.82) is 0 Å². The molecule has 2 N–H and O–H groups in total. The van der Waals surface area contributed by atoms with Crippen LogP contribution >= 0.6 is 24.8 Å². The first-order valence-corrected chi connectivity index (χ1v) is 3.13. The Hall–Kier alpha value is 0.360. The van der Waals surface area contributed by atoms with E-state index in [0.717, 1.165) is 0 Å². The summed E-state index contributed by atoms with van der Waals surface area (Å²) in [4.78, 5) is 0. The lowest BCUT2D eigenvalue weighted by atomic mass is 10.3. The van der Waals surface area contributed by atoms with Crippen molar-refractivity contribution >= 4 is 30.2 Å². The second-order valence-corrected chi connectivity index (χ2v) is 2.25. The highest BCUT2D eigenvalue weighted by Crippen LogP contribution is 1.97. The van der Waals surface area contributed by atoms with Crippen molar-refractivity contribution in [2.45, 2.75) is 11.4 Å². The van der Waals surface area contributed by atoms with E-state index in [4.69, 9.17) is 10.2 Å². The summed E-state index contributed by atoms with van der Waals surface area (Å²) in [7, 11) is 0. The van der Waals surface area contributed by atoms with Crippen LogP contribution in [-0.2, 0) is 0 Å². The molecule has 0 saturated carbocycles. The van der Waals surface area contributed by atoms with Crippen LogP contribution in [0, 0.1) is 0 Å². The van der Waals surface area contributed by atoms with E-state index in [-0.39, 0.29) is 6.61 Å². The first-order chi connectivity index (χ1) is 3.72. The van der Waals surface area contributed by atoms with Crippen molar-refractivity contribution in [2.75, 3.05) is 6.61 Å². The highest BCUT2D eigenvalue weighted by Gasteiger charge is 2.08. The minimum Gasteiger partial charge on any atom is -0.394 e. The molecule has 0 aliphatic heterocycles. The number of aliphatic hydroxyl groups excluding tert-OH is 2. The molecule has 0 saturated heterocycles. The molecule has 0 aromatic rings. The monoisotopic (exact) mass is 152 g/mol. The standard InChI is InChI=1S/C4H8O2S2/c5-1-3(6)4(8)2-7/h2-6,8H,1H2. The summed E-state index contributed by atoms with van der Waals surface area (Å²) in [5.41, 5.74) is 0. The van der Waals surface area contributed by atoms with Gasteiger partial charge in [-0.1, -0.05) is 12.2 Å². The van der Waals surface area contributed by atoms with Crippen LogP contribution in [0.3, 0.4) is 0 Å². The topological polar surface area (TPSA) is 40.5 Å². The summed E-state index contributed by atoms with van der Waals surface area (Å²) in [6.07, 6.45) is -0.823. The number of rotatable bonds is 3. The molecule has 0 radical (unpaired) electrons. The Morgan fingerprint density at radius 3 is 2.38 bits per heavy atom. The molecule has 0 amide bonds. The fraction of sp³-hybridized carbons (Fsp3) is 0.750. The third-order valence-corrected chi connectivity index (χ3v) is 1.71. The number of aliphatic hydroxyl groups is 2. The van der Waals surface area contributed by atoms with Gasteiger partial charge in [0.05, 0.1) is 18.0 Å². The van der Waals surface area contributed by atoms with Crippen LogP contribution in [0.25, 0.3) is 0 Å². The maximum Gasteiger partial charge on any atom is 0.0929 e. The normalized spacial score (nSPS) is 17.4. The second kappa shape index (κ2) is 4.26. The van der Waals surface area contributed by atoms with Gasteiger partial charge in [0.2, 0.25) is 0 Å². The zero-order valence-corrected chi connectivity index (χ0v) is 5.90. The summed E-state index contributed by atoms with van der Waals surface area (Å²) in [6.45, 7) is -0.290. The van der Waals surface area contributed by atoms with E-state index < -0.39 is 11.4 Å². The van der Waals surface area contributed by atoms with Gasteiger partial charge in [-0.3, -0.25) is 0 Å². The van der Waals surface area contributed by atoms with Crippen molar-refractivity contribution in [3.05, 3.63) is 0 Å². The summed E-state index contributed by atoms with van der Waals surface area (Å²) >= 11 is 8.28. The van der Waals surface area contributed by atoms with Crippen molar-refractivity contribution in [3.63, 3.8) is 0 Å². The van der Waals surface area contributed by atoms with Crippen LogP contribution in [-0.4, -0.2) is 33.5 Å². The first kappa shape index (κ1) is 8.36. The maximum absolute atomic E-state index is 8.70. The van der Waals surface area contributed by atoms with Gasteiger partial charge in [0.1, 0.15) is 0 Å². The molecule has 8 heavy (non-hydrogen) atoms. The van der Waals surface area contributed by atoms with Crippen molar-refractivity contribution in [2.24, 2.45) is 0 Å². The summed E-state index contributed by atoms with van der Waals surface area (Å²) in [5, 5.41) is 17.9. The molecule has 2 atom stereocenters. The quantitative estimate of drug-likeness (QED) is 0.382. The summed E-state index contributed by atoms with van der Waals surface area (Å²) in [5.74, 6) is 0. The van der Waals surface area contributed by atoms with E-state index in [1.165, 1.54) is 5.37 Å². The van der Waals surface area contributed by atoms with Gasteiger partial charge in [0.15, 0.2) is 0 Å². The van der Waals surface area contributed by atoms with Gasteiger partial charge in [-0.05, 0) is 5.37 Å². The van der Waals surface area contributed by atoms with E-state index >= 15 is 0 Å². The van der Waals surface area contributed by atoms with E-state index in [1.807, 2.05) is 0 Å². The van der Waals surface area contributed by atoms with Gasteiger partial charge in [-0.2, -0.15) is 12.6 Å². The molecule has 0 aromatic heterocycles. The molecule has 0 aliphatic rings. The Balaban J connectivity index is 3.44. The van der Waals surface area contributed by atoms with Gasteiger partial charge in [-0.25, -0.2) is 0 Å². The van der Waals surface area contributed by atoms with E-state index in [0.29, 0.717) is 0 Å². The lowest BCUT2D eigenvalue weighted by Crippen LogP contribution is -2.25. The summed E-state index contributed by atoms with van der Waals surface area (Å²) < 4.78 is 0. The van der Waals surface area contributed by atoms with Gasteiger partial charge in [0.25, 0.3) is 0 Å². The number of thiocarbonyl (C=S) groups is 1. The van der Waals surface area contributed by atoms with Crippen LogP contribution in [0.2, 0.25) is 0 Å². The van der Waals surface area contributed by atoms with Crippen LogP contribution in [0.4, 0.5) is 0 Å². The zero-order chi connectivity index (χ0) is 6.57. The number of hydrogen-bond acceptors (Lipinski definition) is 4. The van der Waals surface area contributed by atoms with Crippen molar-refractivity contribution in [1.82, 2.24) is 0 Å². The van der Waals surface area contributed by atoms with Crippen molar-refractivity contribution < 1.29 is 10.2 Å². The second-order valence-electron chi connectivity index (χ2n) is 1.38. The molecule has 0 fully saturated rings. The molecule has 48 valence electrons. The van der Waals surface area contributed by atoms with E-state index in [9.17, 15) is 0 Å². The van der Waals surface area contributed by atoms with Gasteiger partial charge < -0.3 is 10.2 Å². The SMILES string of the molecule is OCC(O)C(S)C=S. The molecule has 0 bridgehead atoms. The van der Waals surface area contributed by atoms with Crippen LogP contribution in [0.1, 0.15) is 0 Å². The average Bonchev–Trinajstić information content (AvgIpc) is 1.84. The van der Waals surface area contributed by atoms with Gasteiger partial charge in [-0.15, -0.1) is 0 Å². The minimum absolute atomic E-state index is 0.290. The lowest BCUT2D eigenvalue weighted by molar-refractivity contribution is 0.106. The number of thiol groups is 1. The lowest BCUT2D eigenvalue weighted by Gasteiger charge is -2.08. The van der Waals surface area contributed by atoms with Gasteiger partial charge in [0, 0.05) is 0 Å². The Morgan fingerprint density at radius 2 is 2.25 bits per heavy atom. The highest BCUT2D eigenvalue weighted by atomic mass is 32.1. The molecule has 0 aromatic carbocycles. The van der Waals surface area contributed by atoms with Crippen LogP contribution in [0.15, 0.2) is 0 Å². The molecular weight excluding hydrogens is 144 g/mol. The summed E-state index contributed by atoms with van der Waals surface area (Å²) in [6, 6.07) is 0. The smallest absolute Gasteiger partial charge is 0.0929 e. The van der Waals surface area contributed by atoms with Crippen LogP contribution in [0.5, 0.6) is 0 Å². The fourth-order valence-corrected chi connectivity index (χ4v) is 0.474. The predicted octanol–water partition coefficient (Wildman–Crippen LogP) is -0.362. The zero-order valence-electron chi connectivity index (χ0n) is 4.19. The molecule has 4 heteroatoms. The number of hydrogen-bond donors (Lipinski definition) is 3. The molecule has 0 rings (SSSR count). The maximum atomic E-state index is 8.70. The van der Waals surface area contributed by atoms with Crippen molar-refractivity contribution in [3.8, 4) is 0 Å². The molecule has 2 unspecified atom stereocenters. The van der Waals surface area contributed by atoms with Crippen LogP contribution < -0.4 is 0 Å². The Labute approximate surface area is 58.9 Å².